The van der Waals surface area contributed by atoms with Gasteiger partial charge in [0.1, 0.15) is 0 Å². The van der Waals surface area contributed by atoms with Gasteiger partial charge in [0.15, 0.2) is 6.17 Å². The lowest BCUT2D eigenvalue weighted by atomic mass is 9.98. The first-order chi connectivity index (χ1) is 9.32. The Morgan fingerprint density at radius 2 is 1.95 bits per heavy atom. The normalized spacial score (nSPS) is 26.2. The number of hydroxylamine groups is 2. The van der Waals surface area contributed by atoms with Crippen molar-refractivity contribution in [1.82, 2.24) is 20.2 Å². The fraction of sp³-hybridized carbons (Fsp3) is 0.846. The number of nitrogens with one attached hydrogen (secondary N) is 1. The molecule has 0 aromatic carbocycles. The standard InChI is InChI=1S/C13H24N4O3/c1-13(2)10(17(20)11(18)14-3)15(4)12(19)16(13)9-7-5-6-8-9/h9-10,20H,5-8H2,1-4H3,(H,14,18)/t10-/m0/s1. The van der Waals surface area contributed by atoms with Crippen molar-refractivity contribution in [3.63, 3.8) is 0 Å². The molecular formula is C13H24N4O3. The molecule has 2 N–H and O–H groups in total. The van der Waals surface area contributed by atoms with Crippen LogP contribution in [0.3, 0.4) is 0 Å². The van der Waals surface area contributed by atoms with E-state index in [4.69, 9.17) is 0 Å². The summed E-state index contributed by atoms with van der Waals surface area (Å²) in [7, 11) is 3.07. The van der Waals surface area contributed by atoms with Crippen LogP contribution in [0.15, 0.2) is 0 Å². The molecule has 7 heteroatoms. The Morgan fingerprint density at radius 1 is 1.40 bits per heavy atom. The number of carbonyl (C=O) groups is 2. The SMILES string of the molecule is CNC(=O)N(O)[C@@H]1N(C)C(=O)N(C2CCCC2)C1(C)C. The Kier molecular flexibility index (Phi) is 3.82. The highest BCUT2D eigenvalue weighted by atomic mass is 16.5. The summed E-state index contributed by atoms with van der Waals surface area (Å²) in [6.45, 7) is 3.78. The summed E-state index contributed by atoms with van der Waals surface area (Å²) in [6, 6.07) is -0.547. The molecule has 1 saturated heterocycles. The minimum atomic E-state index is -0.699. The Labute approximate surface area is 119 Å². The average Bonchev–Trinajstić information content (AvgIpc) is 2.95. The summed E-state index contributed by atoms with van der Waals surface area (Å²) in [6.07, 6.45) is 3.52. The molecule has 0 aromatic rings. The topological polar surface area (TPSA) is 76.1 Å². The zero-order valence-electron chi connectivity index (χ0n) is 12.6. The average molecular weight is 284 g/mol. The van der Waals surface area contributed by atoms with E-state index in [2.05, 4.69) is 5.32 Å². The summed E-state index contributed by atoms with van der Waals surface area (Å²) in [4.78, 5) is 27.5. The molecule has 0 unspecified atom stereocenters. The second-order valence-electron chi connectivity index (χ2n) is 6.13. The number of hydrogen-bond acceptors (Lipinski definition) is 3. The van der Waals surface area contributed by atoms with Gasteiger partial charge in [0.25, 0.3) is 0 Å². The van der Waals surface area contributed by atoms with E-state index in [1.165, 1.54) is 11.9 Å². The molecule has 1 heterocycles. The van der Waals surface area contributed by atoms with Gasteiger partial charge in [0.2, 0.25) is 0 Å². The number of carbonyl (C=O) groups excluding carboxylic acids is 2. The largest absolute Gasteiger partial charge is 0.342 e. The molecule has 7 nitrogen and oxygen atoms in total. The number of rotatable bonds is 2. The molecule has 0 radical (unpaired) electrons. The fourth-order valence-corrected chi connectivity index (χ4v) is 3.60. The molecule has 0 aromatic heterocycles. The maximum absolute atomic E-state index is 12.5. The smallest absolute Gasteiger partial charge is 0.339 e. The van der Waals surface area contributed by atoms with Crippen molar-refractivity contribution in [2.45, 2.75) is 57.3 Å². The van der Waals surface area contributed by atoms with Crippen molar-refractivity contribution in [2.75, 3.05) is 14.1 Å². The van der Waals surface area contributed by atoms with Crippen LogP contribution in [0.25, 0.3) is 0 Å². The van der Waals surface area contributed by atoms with Crippen molar-refractivity contribution in [3.8, 4) is 0 Å². The summed E-state index contributed by atoms with van der Waals surface area (Å²) in [5, 5.41) is 13.1. The van der Waals surface area contributed by atoms with Crippen LogP contribution in [-0.2, 0) is 0 Å². The molecule has 20 heavy (non-hydrogen) atoms. The minimum absolute atomic E-state index is 0.130. The highest BCUT2D eigenvalue weighted by molar-refractivity contribution is 5.81. The first-order valence-corrected chi connectivity index (χ1v) is 7.08. The Bertz CT molecular complexity index is 406. The lowest BCUT2D eigenvalue weighted by Crippen LogP contribution is -2.59. The number of amides is 4. The van der Waals surface area contributed by atoms with Gasteiger partial charge in [0, 0.05) is 20.1 Å². The van der Waals surface area contributed by atoms with Gasteiger partial charge in [-0.05, 0) is 26.7 Å². The molecule has 1 saturated carbocycles. The molecule has 0 bridgehead atoms. The van der Waals surface area contributed by atoms with Gasteiger partial charge in [-0.3, -0.25) is 5.21 Å². The van der Waals surface area contributed by atoms with E-state index < -0.39 is 17.7 Å². The molecule has 4 amide bonds. The summed E-state index contributed by atoms with van der Waals surface area (Å²) in [5.41, 5.74) is -0.637. The van der Waals surface area contributed by atoms with E-state index >= 15 is 0 Å². The van der Waals surface area contributed by atoms with Gasteiger partial charge in [-0.2, -0.15) is 5.06 Å². The van der Waals surface area contributed by atoms with Crippen LogP contribution in [0.5, 0.6) is 0 Å². The van der Waals surface area contributed by atoms with Crippen LogP contribution in [0.1, 0.15) is 39.5 Å². The zero-order valence-corrected chi connectivity index (χ0v) is 12.6. The lowest BCUT2D eigenvalue weighted by molar-refractivity contribution is -0.130. The summed E-state index contributed by atoms with van der Waals surface area (Å²) < 4.78 is 0. The van der Waals surface area contributed by atoms with E-state index in [0.717, 1.165) is 25.7 Å². The van der Waals surface area contributed by atoms with Crippen molar-refractivity contribution in [1.29, 1.82) is 0 Å². The molecule has 1 atom stereocenters. The van der Waals surface area contributed by atoms with E-state index in [0.29, 0.717) is 5.06 Å². The molecule has 1 aliphatic heterocycles. The molecule has 2 rings (SSSR count). The number of likely N-dealkylation sites (N-methyl/N-ethyl adjacent to an activating group) is 1. The first-order valence-electron chi connectivity index (χ1n) is 7.08. The molecular weight excluding hydrogens is 260 g/mol. The maximum Gasteiger partial charge on any atom is 0.342 e. The second-order valence-corrected chi connectivity index (χ2v) is 6.13. The van der Waals surface area contributed by atoms with Crippen LogP contribution in [-0.4, -0.2) is 64.0 Å². The van der Waals surface area contributed by atoms with E-state index in [9.17, 15) is 14.8 Å². The van der Waals surface area contributed by atoms with Crippen LogP contribution in [0.2, 0.25) is 0 Å². The third-order valence-electron chi connectivity index (χ3n) is 4.47. The molecule has 0 spiro atoms. The second kappa shape index (κ2) is 5.12. The predicted octanol–water partition coefficient (Wildman–Crippen LogP) is 1.43. The van der Waals surface area contributed by atoms with Crippen molar-refractivity contribution >= 4 is 12.1 Å². The van der Waals surface area contributed by atoms with Gasteiger partial charge in [-0.15, -0.1) is 0 Å². The van der Waals surface area contributed by atoms with Crippen molar-refractivity contribution < 1.29 is 14.8 Å². The van der Waals surface area contributed by atoms with Gasteiger partial charge in [-0.25, -0.2) is 9.59 Å². The predicted molar refractivity (Wildman–Crippen MR) is 73.2 cm³/mol. The third kappa shape index (κ3) is 2.09. The Morgan fingerprint density at radius 3 is 2.45 bits per heavy atom. The van der Waals surface area contributed by atoms with E-state index in [1.54, 1.807) is 7.05 Å². The van der Waals surface area contributed by atoms with Crippen molar-refractivity contribution in [2.24, 2.45) is 0 Å². The van der Waals surface area contributed by atoms with E-state index in [-0.39, 0.29) is 12.1 Å². The fourth-order valence-electron chi connectivity index (χ4n) is 3.60. The Balaban J connectivity index is 2.30. The highest BCUT2D eigenvalue weighted by Crippen LogP contribution is 2.39. The van der Waals surface area contributed by atoms with Gasteiger partial charge >= 0.3 is 12.1 Å². The highest BCUT2D eigenvalue weighted by Gasteiger charge is 2.56. The van der Waals surface area contributed by atoms with Crippen LogP contribution in [0.4, 0.5) is 9.59 Å². The molecule has 114 valence electrons. The first kappa shape index (κ1) is 14.9. The number of hydrogen-bond donors (Lipinski definition) is 2. The van der Waals surface area contributed by atoms with Crippen LogP contribution < -0.4 is 5.32 Å². The molecule has 1 aliphatic carbocycles. The molecule has 2 fully saturated rings. The zero-order chi connectivity index (χ0) is 15.1. The summed E-state index contributed by atoms with van der Waals surface area (Å²) >= 11 is 0. The van der Waals surface area contributed by atoms with Crippen LogP contribution >= 0.6 is 0 Å². The third-order valence-corrected chi connectivity index (χ3v) is 4.47. The van der Waals surface area contributed by atoms with Gasteiger partial charge in [-0.1, -0.05) is 12.8 Å². The van der Waals surface area contributed by atoms with Crippen molar-refractivity contribution in [3.05, 3.63) is 0 Å². The van der Waals surface area contributed by atoms with E-state index in [1.807, 2.05) is 18.7 Å². The Hall–Kier alpha value is -1.50. The lowest BCUT2D eigenvalue weighted by Gasteiger charge is -2.40. The maximum atomic E-state index is 12.5. The number of urea groups is 2. The van der Waals surface area contributed by atoms with Gasteiger partial charge in [0.05, 0.1) is 5.54 Å². The molecule has 2 aliphatic rings. The van der Waals surface area contributed by atoms with Crippen LogP contribution in [0, 0.1) is 0 Å². The summed E-state index contributed by atoms with van der Waals surface area (Å²) in [5.74, 6) is 0. The quantitative estimate of drug-likeness (QED) is 0.595. The minimum Gasteiger partial charge on any atom is -0.339 e. The monoisotopic (exact) mass is 284 g/mol. The van der Waals surface area contributed by atoms with Gasteiger partial charge < -0.3 is 15.1 Å². The number of nitrogens with zero attached hydrogens (tertiary/aromatic N) is 3.